The summed E-state index contributed by atoms with van der Waals surface area (Å²) in [6, 6.07) is 15.3. The minimum Gasteiger partial charge on any atom is -0.370 e. The number of fused-ring (bicyclic) bond motifs is 1. The largest absolute Gasteiger partial charge is 0.370 e. The molecule has 0 bridgehead atoms. The Kier molecular flexibility index (Phi) is 8.85. The summed E-state index contributed by atoms with van der Waals surface area (Å²) in [4.78, 5) is 32.9. The van der Waals surface area contributed by atoms with Crippen molar-refractivity contribution in [2.75, 3.05) is 39.8 Å². The van der Waals surface area contributed by atoms with Gasteiger partial charge in [-0.2, -0.15) is 0 Å². The van der Waals surface area contributed by atoms with Crippen molar-refractivity contribution in [3.63, 3.8) is 0 Å². The Labute approximate surface area is 212 Å². The smallest absolute Gasteiger partial charge is 0.261 e. The number of nitrogens with one attached hydrogen (secondary N) is 1. The van der Waals surface area contributed by atoms with Crippen LogP contribution in [0.15, 0.2) is 53.5 Å². The molecule has 7 nitrogen and oxygen atoms in total. The third-order valence-corrected chi connectivity index (χ3v) is 6.08. The molecule has 0 saturated carbocycles. The topological polar surface area (TPSA) is 74.2 Å². The third-order valence-electron chi connectivity index (χ3n) is 6.08. The zero-order valence-corrected chi connectivity index (χ0v) is 21.5. The zero-order chi connectivity index (χ0) is 22.5. The number of aryl methyl sites for hydroxylation is 1. The number of nitrogens with zero attached hydrogens (tertiary/aromatic N) is 3. The predicted octanol–water partition coefficient (Wildman–Crippen LogP) is 3.64. The first-order valence-corrected chi connectivity index (χ1v) is 11.2. The highest BCUT2D eigenvalue weighted by atomic mass is 127. The van der Waals surface area contributed by atoms with E-state index in [1.165, 1.54) is 16.0 Å². The van der Waals surface area contributed by atoms with Gasteiger partial charge < -0.3 is 15.0 Å². The number of morpholine rings is 1. The maximum absolute atomic E-state index is 12.5. The molecule has 2 amide bonds. The van der Waals surface area contributed by atoms with E-state index in [1.807, 2.05) is 12.1 Å². The Balaban J connectivity index is 0.00000306. The monoisotopic (exact) mass is 562 g/mol. The second-order valence-corrected chi connectivity index (χ2v) is 8.15. The molecular weight excluding hydrogens is 531 g/mol. The van der Waals surface area contributed by atoms with Crippen molar-refractivity contribution in [1.82, 2.24) is 15.1 Å². The van der Waals surface area contributed by atoms with Crippen molar-refractivity contribution in [3.05, 3.63) is 70.8 Å². The van der Waals surface area contributed by atoms with E-state index in [4.69, 9.17) is 4.74 Å². The summed E-state index contributed by atoms with van der Waals surface area (Å²) in [5.41, 5.74) is 3.46. The highest BCUT2D eigenvalue weighted by Crippen LogP contribution is 2.25. The Hall–Kier alpha value is -2.46. The molecule has 1 N–H and O–H groups in total. The number of unbranched alkanes of at least 4 members (excludes halogenated alkanes) is 1. The van der Waals surface area contributed by atoms with Gasteiger partial charge in [-0.05, 0) is 43.0 Å². The van der Waals surface area contributed by atoms with E-state index in [0.29, 0.717) is 24.3 Å². The van der Waals surface area contributed by atoms with E-state index in [2.05, 4.69) is 34.3 Å². The number of hydrogen-bond donors (Lipinski definition) is 1. The summed E-state index contributed by atoms with van der Waals surface area (Å²) in [5, 5.41) is 3.42. The number of halogens is 1. The molecular formula is C25H31IN4O3. The molecule has 0 radical (unpaired) electrons. The number of carbonyl (C=O) groups excluding carboxylic acids is 2. The van der Waals surface area contributed by atoms with Gasteiger partial charge in [0.15, 0.2) is 5.96 Å². The van der Waals surface area contributed by atoms with Crippen LogP contribution in [0.5, 0.6) is 0 Å². The number of carbonyl (C=O) groups is 2. The summed E-state index contributed by atoms with van der Waals surface area (Å²) >= 11 is 0. The van der Waals surface area contributed by atoms with Crippen molar-refractivity contribution >= 4 is 41.8 Å². The number of ether oxygens (including phenoxy) is 1. The fourth-order valence-corrected chi connectivity index (χ4v) is 4.35. The molecule has 2 aliphatic rings. The number of hydrogen-bond acceptors (Lipinski definition) is 4. The predicted molar refractivity (Wildman–Crippen MR) is 139 cm³/mol. The normalized spacial score (nSPS) is 18.2. The van der Waals surface area contributed by atoms with Crippen LogP contribution in [0.25, 0.3) is 0 Å². The van der Waals surface area contributed by atoms with Crippen molar-refractivity contribution in [1.29, 1.82) is 0 Å². The number of rotatable bonds is 6. The Morgan fingerprint density at radius 1 is 1.06 bits per heavy atom. The van der Waals surface area contributed by atoms with Crippen LogP contribution < -0.4 is 5.32 Å². The van der Waals surface area contributed by atoms with Gasteiger partial charge in [0.25, 0.3) is 11.8 Å². The van der Waals surface area contributed by atoms with Crippen LogP contribution in [-0.4, -0.2) is 67.4 Å². The van der Waals surface area contributed by atoms with Crippen molar-refractivity contribution in [2.24, 2.45) is 4.99 Å². The van der Waals surface area contributed by atoms with E-state index < -0.39 is 0 Å². The minimum absolute atomic E-state index is 0. The molecule has 1 atom stereocenters. The van der Waals surface area contributed by atoms with E-state index >= 15 is 0 Å². The van der Waals surface area contributed by atoms with Gasteiger partial charge in [-0.1, -0.05) is 36.4 Å². The number of benzene rings is 2. The van der Waals surface area contributed by atoms with Gasteiger partial charge in [0.1, 0.15) is 6.10 Å². The van der Waals surface area contributed by atoms with Crippen LogP contribution in [0.3, 0.4) is 0 Å². The number of amides is 2. The summed E-state index contributed by atoms with van der Waals surface area (Å²) < 4.78 is 6.02. The standard InChI is InChI=1S/C25H30N4O3.HI/c1-18-9-3-4-10-19(18)22-17-28(15-16-32-22)25(26-2)27-13-7-8-14-29-23(30)20-11-5-6-12-21(20)24(29)31;/h3-6,9-12,22H,7-8,13-17H2,1-2H3,(H,26,27);1H. The number of imide groups is 1. The fraction of sp³-hybridized carbons (Fsp3) is 0.400. The highest BCUT2D eigenvalue weighted by Gasteiger charge is 2.34. The second-order valence-electron chi connectivity index (χ2n) is 8.15. The molecule has 2 aromatic carbocycles. The van der Waals surface area contributed by atoms with Gasteiger partial charge in [0, 0.05) is 26.7 Å². The van der Waals surface area contributed by atoms with Crippen LogP contribution in [0.4, 0.5) is 0 Å². The molecule has 4 rings (SSSR count). The van der Waals surface area contributed by atoms with Gasteiger partial charge in [-0.3, -0.25) is 19.5 Å². The zero-order valence-electron chi connectivity index (χ0n) is 19.1. The maximum atomic E-state index is 12.5. The molecule has 8 heteroatoms. The maximum Gasteiger partial charge on any atom is 0.261 e. The summed E-state index contributed by atoms with van der Waals surface area (Å²) in [6.07, 6.45) is 1.60. The first kappa shape index (κ1) is 25.2. The van der Waals surface area contributed by atoms with Crippen LogP contribution in [-0.2, 0) is 4.74 Å². The molecule has 1 saturated heterocycles. The van der Waals surface area contributed by atoms with Gasteiger partial charge in [0.05, 0.1) is 24.3 Å². The van der Waals surface area contributed by atoms with Gasteiger partial charge in [0.2, 0.25) is 0 Å². The SMILES string of the molecule is CN=C(NCCCCN1C(=O)c2ccccc2C1=O)N1CCOC(c2ccccc2C)C1.I. The van der Waals surface area contributed by atoms with E-state index in [1.54, 1.807) is 31.3 Å². The van der Waals surface area contributed by atoms with Gasteiger partial charge in [-0.15, -0.1) is 24.0 Å². The molecule has 0 aromatic heterocycles. The Bertz CT molecular complexity index is 991. The first-order valence-electron chi connectivity index (χ1n) is 11.2. The average Bonchev–Trinajstić information content (AvgIpc) is 3.06. The molecule has 0 spiro atoms. The lowest BCUT2D eigenvalue weighted by atomic mass is 10.0. The van der Waals surface area contributed by atoms with Crippen LogP contribution in [0.1, 0.15) is 50.8 Å². The van der Waals surface area contributed by atoms with E-state index in [-0.39, 0.29) is 41.9 Å². The molecule has 1 fully saturated rings. The second kappa shape index (κ2) is 11.6. The molecule has 176 valence electrons. The van der Waals surface area contributed by atoms with Crippen molar-refractivity contribution in [2.45, 2.75) is 25.9 Å². The quantitative estimate of drug-likeness (QED) is 0.192. The van der Waals surface area contributed by atoms with Crippen molar-refractivity contribution in [3.8, 4) is 0 Å². The first-order chi connectivity index (χ1) is 15.6. The lowest BCUT2D eigenvalue weighted by Gasteiger charge is -2.35. The third kappa shape index (κ3) is 5.55. The Morgan fingerprint density at radius 3 is 2.39 bits per heavy atom. The molecule has 33 heavy (non-hydrogen) atoms. The van der Waals surface area contributed by atoms with Crippen molar-refractivity contribution < 1.29 is 14.3 Å². The average molecular weight is 562 g/mol. The van der Waals surface area contributed by atoms with Crippen LogP contribution in [0.2, 0.25) is 0 Å². The van der Waals surface area contributed by atoms with E-state index in [9.17, 15) is 9.59 Å². The minimum atomic E-state index is -0.190. The lowest BCUT2D eigenvalue weighted by molar-refractivity contribution is -0.00830. The number of aliphatic imine (C=N–C) groups is 1. The highest BCUT2D eigenvalue weighted by molar-refractivity contribution is 14.0. The van der Waals surface area contributed by atoms with E-state index in [0.717, 1.165) is 38.4 Å². The summed E-state index contributed by atoms with van der Waals surface area (Å²) in [7, 11) is 1.79. The molecule has 2 aromatic rings. The Morgan fingerprint density at radius 2 is 1.73 bits per heavy atom. The van der Waals surface area contributed by atoms with Crippen LogP contribution >= 0.6 is 24.0 Å². The van der Waals surface area contributed by atoms with Gasteiger partial charge in [-0.25, -0.2) is 0 Å². The molecule has 2 aliphatic heterocycles. The molecule has 1 unspecified atom stereocenters. The molecule has 0 aliphatic carbocycles. The lowest BCUT2D eigenvalue weighted by Crippen LogP contribution is -2.48. The molecule has 2 heterocycles. The number of guanidine groups is 1. The fourth-order valence-electron chi connectivity index (χ4n) is 4.35. The van der Waals surface area contributed by atoms with Gasteiger partial charge >= 0.3 is 0 Å². The van der Waals surface area contributed by atoms with Crippen LogP contribution in [0, 0.1) is 6.92 Å². The summed E-state index contributed by atoms with van der Waals surface area (Å²) in [5.74, 6) is 0.475. The summed E-state index contributed by atoms with van der Waals surface area (Å²) in [6.45, 7) is 5.46.